The molecular weight excluding hydrogens is 542 g/mol. The average molecular weight is 578 g/mol. The van der Waals surface area contributed by atoms with Gasteiger partial charge in [0.1, 0.15) is 18.3 Å². The van der Waals surface area contributed by atoms with E-state index in [4.69, 9.17) is 14.9 Å². The number of rotatable bonds is 8. The molecule has 5 N–H and O–H groups in total. The summed E-state index contributed by atoms with van der Waals surface area (Å²) < 4.78 is 15.3. The highest BCUT2D eigenvalue weighted by molar-refractivity contribution is 6.99. The van der Waals surface area contributed by atoms with Crippen LogP contribution in [-0.4, -0.2) is 62.6 Å². The molecule has 12 heteroatoms. The fraction of sp³-hybridized carbons (Fsp3) is 0.345. The Morgan fingerprint density at radius 1 is 1.07 bits per heavy atom. The molecule has 4 aromatic rings. The number of aliphatic hydroxyl groups is 2. The molecule has 0 radical (unpaired) electrons. The number of hydrogen-bond donors (Lipinski definition) is 4. The Labute approximate surface area is 237 Å². The summed E-state index contributed by atoms with van der Waals surface area (Å²) in [5.41, 5.74) is 4.40. The topological polar surface area (TPSA) is 158 Å². The zero-order valence-electron chi connectivity index (χ0n) is 23.2. The molecule has 1 saturated heterocycles. The zero-order valence-corrected chi connectivity index (χ0v) is 24.2. The Morgan fingerprint density at radius 2 is 1.66 bits per heavy atom. The lowest BCUT2D eigenvalue weighted by Crippen LogP contribution is -2.67. The van der Waals surface area contributed by atoms with Crippen molar-refractivity contribution in [2.24, 2.45) is 0 Å². The largest absolute Gasteiger partial charge is 0.405 e. The van der Waals surface area contributed by atoms with Crippen LogP contribution in [-0.2, 0) is 15.7 Å². The normalized spacial score (nSPS) is 21.4. The number of allylic oxidation sites excluding steroid dienone is 1. The van der Waals surface area contributed by atoms with Crippen LogP contribution < -0.4 is 27.4 Å². The van der Waals surface area contributed by atoms with E-state index >= 15 is 0 Å². The maximum Gasteiger partial charge on any atom is 0.333 e. The van der Waals surface area contributed by atoms with Gasteiger partial charge in [0.2, 0.25) is 5.95 Å². The predicted molar refractivity (Wildman–Crippen MR) is 159 cm³/mol. The first kappa shape index (κ1) is 28.7. The van der Waals surface area contributed by atoms with Crippen LogP contribution in [0.2, 0.25) is 5.04 Å². The number of aliphatic hydroxyl groups excluding tert-OH is 2. The Balaban J connectivity index is 1.55. The van der Waals surface area contributed by atoms with Gasteiger partial charge in [-0.15, -0.1) is 6.58 Å². The minimum Gasteiger partial charge on any atom is -0.405 e. The van der Waals surface area contributed by atoms with E-state index in [9.17, 15) is 19.8 Å². The molecule has 11 nitrogen and oxygen atoms in total. The molecular formula is C29H35N5O6Si. The first-order chi connectivity index (χ1) is 19.5. The summed E-state index contributed by atoms with van der Waals surface area (Å²) in [6, 6.07) is 20.0. The van der Waals surface area contributed by atoms with Gasteiger partial charge < -0.3 is 25.1 Å². The number of hydrogen-bond acceptors (Lipinski definition) is 8. The van der Waals surface area contributed by atoms with Crippen molar-refractivity contribution in [1.82, 2.24) is 19.1 Å². The second-order valence-electron chi connectivity index (χ2n) is 11.2. The van der Waals surface area contributed by atoms with Gasteiger partial charge in [0.05, 0.1) is 6.61 Å². The molecule has 2 aromatic carbocycles. The molecule has 5 rings (SSSR count). The smallest absolute Gasteiger partial charge is 0.333 e. The van der Waals surface area contributed by atoms with Gasteiger partial charge in [-0.25, -0.2) is 9.36 Å². The van der Waals surface area contributed by atoms with Crippen LogP contribution >= 0.6 is 0 Å². The standard InChI is InChI=1S/C29H35N5O6Si/c1-5-16-33-21-24(31-27(30)32-25(21)37)34(28(33)38)26-23(36)22(35)20(40-26)17-39-41(29(2,3)4,18-12-8-6-9-13-18)19-14-10-7-11-15-19/h5-15,20,22-23,26,35-36H,1,16-17H2,2-4H3,(H3,30,31,32,37)/t20-,22-,23-,26-/m1/s1. The van der Waals surface area contributed by atoms with E-state index in [1.54, 1.807) is 0 Å². The number of nitrogens with two attached hydrogens (primary N) is 1. The number of nitrogens with zero attached hydrogens (tertiary/aromatic N) is 3. The van der Waals surface area contributed by atoms with Crippen LogP contribution in [0.15, 0.2) is 82.9 Å². The second-order valence-corrected chi connectivity index (χ2v) is 15.5. The van der Waals surface area contributed by atoms with Crippen molar-refractivity contribution in [3.05, 3.63) is 94.2 Å². The van der Waals surface area contributed by atoms with Gasteiger partial charge in [0.15, 0.2) is 17.4 Å². The lowest BCUT2D eigenvalue weighted by atomic mass is 10.1. The van der Waals surface area contributed by atoms with Gasteiger partial charge in [-0.1, -0.05) is 87.5 Å². The molecule has 2 aromatic heterocycles. The summed E-state index contributed by atoms with van der Waals surface area (Å²) in [5.74, 6) is -0.202. The van der Waals surface area contributed by atoms with Gasteiger partial charge in [-0.3, -0.25) is 14.3 Å². The van der Waals surface area contributed by atoms with Crippen molar-refractivity contribution in [2.75, 3.05) is 12.3 Å². The van der Waals surface area contributed by atoms with Crippen LogP contribution in [0.25, 0.3) is 11.2 Å². The highest BCUT2D eigenvalue weighted by Gasteiger charge is 2.52. The second kappa shape index (κ2) is 10.9. The number of ether oxygens (including phenoxy) is 1. The fourth-order valence-electron chi connectivity index (χ4n) is 5.78. The summed E-state index contributed by atoms with van der Waals surface area (Å²) in [7, 11) is -2.98. The third-order valence-electron chi connectivity index (χ3n) is 7.61. The molecule has 1 fully saturated rings. The van der Waals surface area contributed by atoms with E-state index in [0.29, 0.717) is 0 Å². The number of nitrogen functional groups attached to an aromatic ring is 1. The molecule has 1 aliphatic heterocycles. The van der Waals surface area contributed by atoms with Crippen LogP contribution in [0, 0.1) is 0 Å². The monoisotopic (exact) mass is 577 g/mol. The molecule has 0 unspecified atom stereocenters. The average Bonchev–Trinajstić information content (AvgIpc) is 3.37. The Bertz CT molecular complexity index is 1620. The number of anilines is 1. The quantitative estimate of drug-likeness (QED) is 0.177. The molecule has 3 heterocycles. The Hall–Kier alpha value is -3.81. The lowest BCUT2D eigenvalue weighted by Gasteiger charge is -2.43. The van der Waals surface area contributed by atoms with E-state index in [1.807, 2.05) is 36.4 Å². The van der Waals surface area contributed by atoms with Crippen molar-refractivity contribution >= 4 is 35.8 Å². The van der Waals surface area contributed by atoms with Crippen LogP contribution in [0.3, 0.4) is 0 Å². The van der Waals surface area contributed by atoms with Gasteiger partial charge in [-0.2, -0.15) is 4.98 Å². The summed E-state index contributed by atoms with van der Waals surface area (Å²) in [4.78, 5) is 32.7. The minimum atomic E-state index is -2.98. The van der Waals surface area contributed by atoms with Crippen molar-refractivity contribution in [3.8, 4) is 0 Å². The number of aromatic nitrogens is 4. The number of fused-ring (bicyclic) bond motifs is 1. The number of H-pyrrole nitrogens is 1. The van der Waals surface area contributed by atoms with Gasteiger partial charge in [-0.05, 0) is 15.4 Å². The lowest BCUT2D eigenvalue weighted by molar-refractivity contribution is -0.0503. The van der Waals surface area contributed by atoms with Gasteiger partial charge in [0, 0.05) is 6.54 Å². The van der Waals surface area contributed by atoms with Gasteiger partial charge >= 0.3 is 5.69 Å². The van der Waals surface area contributed by atoms with E-state index in [1.165, 1.54) is 10.6 Å². The van der Waals surface area contributed by atoms with E-state index in [0.717, 1.165) is 14.9 Å². The molecule has 4 atom stereocenters. The van der Waals surface area contributed by atoms with Gasteiger partial charge in [0.25, 0.3) is 13.9 Å². The van der Waals surface area contributed by atoms with Crippen LogP contribution in [0.1, 0.15) is 27.0 Å². The Morgan fingerprint density at radius 3 is 2.20 bits per heavy atom. The SMILES string of the molecule is C=CCn1c(=O)n([C@@H]2O[C@H](CO[Si](c3ccccc3)(c3ccccc3)C(C)(C)C)[C@@H](O)[C@H]2O)c2nc(N)[nH]c(=O)c21. The molecule has 41 heavy (non-hydrogen) atoms. The molecule has 0 spiro atoms. The maximum atomic E-state index is 13.5. The number of aromatic amines is 1. The third-order valence-corrected chi connectivity index (χ3v) is 12.6. The predicted octanol–water partition coefficient (Wildman–Crippen LogP) is 0.850. The summed E-state index contributed by atoms with van der Waals surface area (Å²) in [6.45, 7) is 10.0. The fourth-order valence-corrected chi connectivity index (χ4v) is 10.3. The highest BCUT2D eigenvalue weighted by atomic mass is 28.4. The van der Waals surface area contributed by atoms with Crippen molar-refractivity contribution < 1.29 is 19.4 Å². The van der Waals surface area contributed by atoms with Crippen molar-refractivity contribution in [3.63, 3.8) is 0 Å². The Kier molecular flexibility index (Phi) is 7.61. The number of benzene rings is 2. The van der Waals surface area contributed by atoms with E-state index < -0.39 is 44.1 Å². The highest BCUT2D eigenvalue weighted by Crippen LogP contribution is 2.38. The first-order valence-corrected chi connectivity index (χ1v) is 15.3. The summed E-state index contributed by atoms with van der Waals surface area (Å²) in [6.07, 6.45) is -3.76. The molecule has 0 bridgehead atoms. The van der Waals surface area contributed by atoms with Crippen LogP contribution in [0.5, 0.6) is 0 Å². The van der Waals surface area contributed by atoms with Crippen molar-refractivity contribution in [1.29, 1.82) is 0 Å². The molecule has 0 aliphatic carbocycles. The number of imidazole rings is 1. The maximum absolute atomic E-state index is 13.5. The van der Waals surface area contributed by atoms with Crippen molar-refractivity contribution in [2.45, 2.75) is 56.9 Å². The molecule has 0 saturated carbocycles. The zero-order chi connectivity index (χ0) is 29.5. The summed E-state index contributed by atoms with van der Waals surface area (Å²) >= 11 is 0. The first-order valence-electron chi connectivity index (χ1n) is 13.4. The van der Waals surface area contributed by atoms with Crippen LogP contribution in [0.4, 0.5) is 5.95 Å². The molecule has 1 aliphatic rings. The summed E-state index contributed by atoms with van der Waals surface area (Å²) in [5, 5.41) is 24.0. The minimum absolute atomic E-state index is 0.0166. The third kappa shape index (κ3) is 4.77. The molecule has 216 valence electrons. The number of nitrogens with one attached hydrogen (secondary N) is 1. The van der Waals surface area contributed by atoms with E-state index in [2.05, 4.69) is 61.6 Å². The molecule has 0 amide bonds. The van der Waals surface area contributed by atoms with E-state index in [-0.39, 0.29) is 35.3 Å².